The summed E-state index contributed by atoms with van der Waals surface area (Å²) in [6.07, 6.45) is 1.56. The van der Waals surface area contributed by atoms with Crippen LogP contribution in [0.4, 0.5) is 0 Å². The second-order valence-electron chi connectivity index (χ2n) is 4.90. The molecule has 106 valence electrons. The van der Waals surface area contributed by atoms with Crippen molar-refractivity contribution in [3.05, 3.63) is 65.7 Å². The molecule has 3 heteroatoms. The van der Waals surface area contributed by atoms with E-state index in [2.05, 4.69) is 29.6 Å². The van der Waals surface area contributed by atoms with E-state index in [0.29, 0.717) is 6.54 Å². The maximum Gasteiger partial charge on any atom is 0.115 e. The molecule has 0 aliphatic rings. The number of nitrogens with one attached hydrogen (secondary N) is 1. The van der Waals surface area contributed by atoms with E-state index in [9.17, 15) is 10.2 Å². The summed E-state index contributed by atoms with van der Waals surface area (Å²) >= 11 is 0. The Balaban J connectivity index is 1.64. The lowest BCUT2D eigenvalue weighted by molar-refractivity contribution is 0.175. The maximum atomic E-state index is 9.98. The number of aliphatic hydroxyl groups is 1. The normalized spacial score (nSPS) is 12.2. The van der Waals surface area contributed by atoms with Gasteiger partial charge in [-0.2, -0.15) is 0 Å². The smallest absolute Gasteiger partial charge is 0.115 e. The monoisotopic (exact) mass is 271 g/mol. The Morgan fingerprint density at radius 3 is 2.35 bits per heavy atom. The highest BCUT2D eigenvalue weighted by atomic mass is 16.3. The summed E-state index contributed by atoms with van der Waals surface area (Å²) < 4.78 is 0. The van der Waals surface area contributed by atoms with Crippen LogP contribution < -0.4 is 5.32 Å². The van der Waals surface area contributed by atoms with Gasteiger partial charge >= 0.3 is 0 Å². The SMILES string of the molecule is Oc1ccc(C(O)CNCCCc2ccccc2)cc1. The minimum Gasteiger partial charge on any atom is -0.508 e. The van der Waals surface area contributed by atoms with Crippen LogP contribution in [0.25, 0.3) is 0 Å². The second-order valence-corrected chi connectivity index (χ2v) is 4.90. The third-order valence-corrected chi connectivity index (χ3v) is 3.28. The van der Waals surface area contributed by atoms with Crippen LogP contribution in [0.5, 0.6) is 5.75 Å². The fourth-order valence-corrected chi connectivity index (χ4v) is 2.12. The number of rotatable bonds is 7. The molecule has 20 heavy (non-hydrogen) atoms. The van der Waals surface area contributed by atoms with Crippen LogP contribution in [-0.4, -0.2) is 23.3 Å². The van der Waals surface area contributed by atoms with E-state index in [0.717, 1.165) is 24.9 Å². The van der Waals surface area contributed by atoms with Gasteiger partial charge in [-0.05, 0) is 42.6 Å². The van der Waals surface area contributed by atoms with Crippen molar-refractivity contribution < 1.29 is 10.2 Å². The highest BCUT2D eigenvalue weighted by Crippen LogP contribution is 2.15. The summed E-state index contributed by atoms with van der Waals surface area (Å²) in [5.41, 5.74) is 2.16. The van der Waals surface area contributed by atoms with E-state index in [1.165, 1.54) is 5.56 Å². The Morgan fingerprint density at radius 2 is 1.65 bits per heavy atom. The number of aliphatic hydroxyl groups excluding tert-OH is 1. The molecule has 0 aromatic heterocycles. The van der Waals surface area contributed by atoms with Gasteiger partial charge in [-0.25, -0.2) is 0 Å². The minimum absolute atomic E-state index is 0.219. The Kier molecular flexibility index (Phi) is 5.59. The van der Waals surface area contributed by atoms with Gasteiger partial charge in [0.15, 0.2) is 0 Å². The van der Waals surface area contributed by atoms with Crippen LogP contribution >= 0.6 is 0 Å². The van der Waals surface area contributed by atoms with Crippen LogP contribution in [-0.2, 0) is 6.42 Å². The molecule has 0 spiro atoms. The minimum atomic E-state index is -0.535. The summed E-state index contributed by atoms with van der Waals surface area (Å²) in [4.78, 5) is 0. The van der Waals surface area contributed by atoms with Crippen LogP contribution in [0, 0.1) is 0 Å². The standard InChI is InChI=1S/C17H21NO2/c19-16-10-8-15(9-11-16)17(20)13-18-12-4-7-14-5-2-1-3-6-14/h1-3,5-6,8-11,17-20H,4,7,12-13H2. The molecule has 3 N–H and O–H groups in total. The van der Waals surface area contributed by atoms with E-state index < -0.39 is 6.10 Å². The summed E-state index contributed by atoms with van der Waals surface area (Å²) in [5.74, 6) is 0.219. The molecule has 3 nitrogen and oxygen atoms in total. The average Bonchev–Trinajstić information content (AvgIpc) is 2.48. The van der Waals surface area contributed by atoms with Crippen molar-refractivity contribution in [2.45, 2.75) is 18.9 Å². The van der Waals surface area contributed by atoms with Gasteiger partial charge < -0.3 is 15.5 Å². The second kappa shape index (κ2) is 7.68. The quantitative estimate of drug-likeness (QED) is 0.679. The first-order valence-electron chi connectivity index (χ1n) is 6.97. The maximum absolute atomic E-state index is 9.98. The number of benzene rings is 2. The van der Waals surface area contributed by atoms with E-state index in [-0.39, 0.29) is 5.75 Å². The van der Waals surface area contributed by atoms with E-state index in [1.807, 2.05) is 6.07 Å². The molecular formula is C17H21NO2. The van der Waals surface area contributed by atoms with Gasteiger partial charge in [-0.3, -0.25) is 0 Å². The van der Waals surface area contributed by atoms with E-state index in [1.54, 1.807) is 24.3 Å². The number of phenolic OH excluding ortho intramolecular Hbond substituents is 1. The summed E-state index contributed by atoms with van der Waals surface area (Å²) in [6.45, 7) is 1.41. The van der Waals surface area contributed by atoms with Gasteiger partial charge in [0.1, 0.15) is 5.75 Å². The lowest BCUT2D eigenvalue weighted by atomic mass is 10.1. The molecule has 0 aliphatic carbocycles. The van der Waals surface area contributed by atoms with Crippen LogP contribution in [0.2, 0.25) is 0 Å². The Hall–Kier alpha value is -1.84. The van der Waals surface area contributed by atoms with Gasteiger partial charge in [-0.1, -0.05) is 42.5 Å². The van der Waals surface area contributed by atoms with E-state index in [4.69, 9.17) is 0 Å². The first-order chi connectivity index (χ1) is 9.75. The topological polar surface area (TPSA) is 52.5 Å². The van der Waals surface area contributed by atoms with Crippen molar-refractivity contribution in [2.24, 2.45) is 0 Å². The third-order valence-electron chi connectivity index (χ3n) is 3.28. The molecule has 0 radical (unpaired) electrons. The number of phenols is 1. The van der Waals surface area contributed by atoms with Crippen molar-refractivity contribution in [1.29, 1.82) is 0 Å². The lowest BCUT2D eigenvalue weighted by Crippen LogP contribution is -2.22. The van der Waals surface area contributed by atoms with Gasteiger partial charge in [0.05, 0.1) is 6.10 Å². The predicted molar refractivity (Wildman–Crippen MR) is 80.7 cm³/mol. The van der Waals surface area contributed by atoms with E-state index >= 15 is 0 Å². The number of aromatic hydroxyl groups is 1. The van der Waals surface area contributed by atoms with Crippen molar-refractivity contribution in [2.75, 3.05) is 13.1 Å². The molecule has 0 bridgehead atoms. The summed E-state index contributed by atoms with van der Waals surface area (Å²) in [6, 6.07) is 17.1. The number of aryl methyl sites for hydroxylation is 1. The van der Waals surface area contributed by atoms with Crippen molar-refractivity contribution >= 4 is 0 Å². The van der Waals surface area contributed by atoms with Gasteiger partial charge in [0, 0.05) is 6.54 Å². The zero-order valence-corrected chi connectivity index (χ0v) is 11.5. The van der Waals surface area contributed by atoms with Crippen LogP contribution in [0.15, 0.2) is 54.6 Å². The van der Waals surface area contributed by atoms with Crippen molar-refractivity contribution in [1.82, 2.24) is 5.32 Å². The van der Waals surface area contributed by atoms with Crippen LogP contribution in [0.3, 0.4) is 0 Å². The molecule has 0 aliphatic heterocycles. The molecule has 2 aromatic carbocycles. The third kappa shape index (κ3) is 4.68. The molecule has 1 unspecified atom stereocenters. The highest BCUT2D eigenvalue weighted by molar-refractivity contribution is 5.27. The Labute approximate surface area is 119 Å². The Morgan fingerprint density at radius 1 is 0.950 bits per heavy atom. The first-order valence-corrected chi connectivity index (χ1v) is 6.97. The molecule has 0 saturated carbocycles. The van der Waals surface area contributed by atoms with Gasteiger partial charge in [0.2, 0.25) is 0 Å². The lowest BCUT2D eigenvalue weighted by Gasteiger charge is -2.12. The molecule has 0 amide bonds. The molecule has 1 atom stereocenters. The molecule has 2 aromatic rings. The Bertz CT molecular complexity index is 496. The highest BCUT2D eigenvalue weighted by Gasteiger charge is 2.06. The van der Waals surface area contributed by atoms with Gasteiger partial charge in [-0.15, -0.1) is 0 Å². The predicted octanol–water partition coefficient (Wildman–Crippen LogP) is 2.65. The average molecular weight is 271 g/mol. The summed E-state index contributed by atoms with van der Waals surface area (Å²) in [5, 5.41) is 22.4. The van der Waals surface area contributed by atoms with Crippen molar-refractivity contribution in [3.8, 4) is 5.75 Å². The molecule has 2 rings (SSSR count). The molecule has 0 fully saturated rings. The van der Waals surface area contributed by atoms with Crippen LogP contribution in [0.1, 0.15) is 23.7 Å². The summed E-state index contributed by atoms with van der Waals surface area (Å²) in [7, 11) is 0. The van der Waals surface area contributed by atoms with Gasteiger partial charge in [0.25, 0.3) is 0 Å². The largest absolute Gasteiger partial charge is 0.508 e. The zero-order valence-electron chi connectivity index (χ0n) is 11.5. The first kappa shape index (κ1) is 14.6. The fourth-order valence-electron chi connectivity index (χ4n) is 2.12. The number of hydrogen-bond acceptors (Lipinski definition) is 3. The fraction of sp³-hybridized carbons (Fsp3) is 0.294. The molecule has 0 saturated heterocycles. The molecule has 0 heterocycles. The van der Waals surface area contributed by atoms with Crippen molar-refractivity contribution in [3.63, 3.8) is 0 Å². The molecular weight excluding hydrogens is 250 g/mol. The number of hydrogen-bond donors (Lipinski definition) is 3. The zero-order chi connectivity index (χ0) is 14.2.